The summed E-state index contributed by atoms with van der Waals surface area (Å²) < 4.78 is 42.5. The lowest BCUT2D eigenvalue weighted by Gasteiger charge is -2.10. The van der Waals surface area contributed by atoms with Crippen LogP contribution in [-0.2, 0) is 6.18 Å². The van der Waals surface area contributed by atoms with E-state index >= 15 is 0 Å². The van der Waals surface area contributed by atoms with Gasteiger partial charge < -0.3 is 4.74 Å². The maximum Gasteiger partial charge on any atom is 0.416 e. The van der Waals surface area contributed by atoms with Crippen LogP contribution in [0.1, 0.15) is 5.56 Å². The predicted octanol–water partition coefficient (Wildman–Crippen LogP) is 5.80. The van der Waals surface area contributed by atoms with E-state index < -0.39 is 11.7 Å². The van der Waals surface area contributed by atoms with E-state index in [1.165, 1.54) is 18.2 Å². The van der Waals surface area contributed by atoms with E-state index in [-0.39, 0.29) is 10.8 Å². The van der Waals surface area contributed by atoms with Gasteiger partial charge in [0.2, 0.25) is 0 Å². The lowest BCUT2D eigenvalue weighted by molar-refractivity contribution is -0.137. The molecule has 0 atom stereocenters. The van der Waals surface area contributed by atoms with Crippen molar-refractivity contribution in [2.45, 2.75) is 6.18 Å². The van der Waals surface area contributed by atoms with Gasteiger partial charge in [-0.25, -0.2) is 0 Å². The molecule has 2 aromatic rings. The maximum atomic E-state index is 12.4. The molecule has 0 spiro atoms. The smallest absolute Gasteiger partial charge is 0.416 e. The lowest BCUT2D eigenvalue weighted by Crippen LogP contribution is -2.03. The summed E-state index contributed by atoms with van der Waals surface area (Å²) in [4.78, 5) is 0. The van der Waals surface area contributed by atoms with E-state index in [1.807, 2.05) is 0 Å². The van der Waals surface area contributed by atoms with Crippen LogP contribution in [0.3, 0.4) is 0 Å². The third-order valence-electron chi connectivity index (χ3n) is 2.30. The molecule has 0 heterocycles. The third kappa shape index (κ3) is 3.55. The first-order valence-electron chi connectivity index (χ1n) is 5.16. The number of alkyl halides is 3. The van der Waals surface area contributed by atoms with Gasteiger partial charge in [-0.3, -0.25) is 0 Å². The summed E-state index contributed by atoms with van der Waals surface area (Å²) in [6, 6.07) is 8.96. The first-order chi connectivity index (χ1) is 8.86. The second-order valence-electron chi connectivity index (χ2n) is 3.70. The zero-order valence-electron chi connectivity index (χ0n) is 9.34. The van der Waals surface area contributed by atoms with Crippen LogP contribution < -0.4 is 4.74 Å². The van der Waals surface area contributed by atoms with Crippen LogP contribution in [0.4, 0.5) is 13.2 Å². The summed E-state index contributed by atoms with van der Waals surface area (Å²) in [6.45, 7) is 0. The summed E-state index contributed by atoms with van der Waals surface area (Å²) in [7, 11) is 0. The Morgan fingerprint density at radius 2 is 1.53 bits per heavy atom. The average molecular weight is 307 g/mol. The number of halogens is 5. The van der Waals surface area contributed by atoms with E-state index in [2.05, 4.69) is 0 Å². The van der Waals surface area contributed by atoms with Gasteiger partial charge in [-0.15, -0.1) is 0 Å². The van der Waals surface area contributed by atoms with Crippen LogP contribution in [-0.4, -0.2) is 0 Å². The Morgan fingerprint density at radius 3 is 2.05 bits per heavy atom. The summed E-state index contributed by atoms with van der Waals surface area (Å²) in [5, 5.41) is 0.733. The van der Waals surface area contributed by atoms with Crippen molar-refractivity contribution in [2.24, 2.45) is 0 Å². The minimum absolute atomic E-state index is 0.261. The molecule has 2 aromatic carbocycles. The molecule has 0 amide bonds. The van der Waals surface area contributed by atoms with E-state index in [1.54, 1.807) is 12.1 Å². The first kappa shape index (κ1) is 14.0. The SMILES string of the molecule is FC(F)(F)c1ccc(Oc2ccc(Cl)cc2Cl)cc1. The van der Waals surface area contributed by atoms with Gasteiger partial charge in [0.05, 0.1) is 10.6 Å². The van der Waals surface area contributed by atoms with Crippen molar-refractivity contribution in [1.29, 1.82) is 0 Å². The molecule has 1 nitrogen and oxygen atoms in total. The van der Waals surface area contributed by atoms with Crippen LogP contribution in [0.15, 0.2) is 42.5 Å². The van der Waals surface area contributed by atoms with Gasteiger partial charge in [-0.05, 0) is 42.5 Å². The van der Waals surface area contributed by atoms with E-state index in [0.29, 0.717) is 10.8 Å². The number of ether oxygens (including phenoxy) is 1. The summed E-state index contributed by atoms with van der Waals surface area (Å²) >= 11 is 11.6. The van der Waals surface area contributed by atoms with Crippen molar-refractivity contribution in [3.63, 3.8) is 0 Å². The van der Waals surface area contributed by atoms with Gasteiger partial charge in [0.15, 0.2) is 0 Å². The molecule has 2 rings (SSSR count). The minimum Gasteiger partial charge on any atom is -0.456 e. The minimum atomic E-state index is -4.36. The fourth-order valence-electron chi connectivity index (χ4n) is 1.40. The molecule has 0 unspecified atom stereocenters. The van der Waals surface area contributed by atoms with Crippen molar-refractivity contribution in [3.05, 3.63) is 58.1 Å². The highest BCUT2D eigenvalue weighted by Gasteiger charge is 2.30. The highest BCUT2D eigenvalue weighted by atomic mass is 35.5. The summed E-state index contributed by atoms with van der Waals surface area (Å²) in [5.41, 5.74) is -0.734. The monoisotopic (exact) mass is 306 g/mol. The number of benzene rings is 2. The highest BCUT2D eigenvalue weighted by Crippen LogP contribution is 2.34. The van der Waals surface area contributed by atoms with E-state index in [4.69, 9.17) is 27.9 Å². The third-order valence-corrected chi connectivity index (χ3v) is 2.83. The Bertz CT molecular complexity index is 579. The van der Waals surface area contributed by atoms with Gasteiger partial charge >= 0.3 is 6.18 Å². The topological polar surface area (TPSA) is 9.23 Å². The molecule has 0 saturated heterocycles. The Labute approximate surface area is 117 Å². The molecule has 100 valence electrons. The van der Waals surface area contributed by atoms with Crippen molar-refractivity contribution >= 4 is 23.2 Å². The Morgan fingerprint density at radius 1 is 0.895 bits per heavy atom. The molecule has 0 aliphatic carbocycles. The molecule has 19 heavy (non-hydrogen) atoms. The van der Waals surface area contributed by atoms with Gasteiger partial charge in [-0.2, -0.15) is 13.2 Å². The Hall–Kier alpha value is -1.39. The molecule has 0 saturated carbocycles. The van der Waals surface area contributed by atoms with Gasteiger partial charge in [0, 0.05) is 5.02 Å². The molecular weight excluding hydrogens is 300 g/mol. The van der Waals surface area contributed by atoms with Crippen LogP contribution in [0, 0.1) is 0 Å². The second kappa shape index (κ2) is 5.31. The molecular formula is C13H7Cl2F3O. The quantitative estimate of drug-likeness (QED) is 0.681. The Balaban J connectivity index is 2.20. The van der Waals surface area contributed by atoms with Gasteiger partial charge in [-0.1, -0.05) is 23.2 Å². The van der Waals surface area contributed by atoms with Crippen molar-refractivity contribution < 1.29 is 17.9 Å². The van der Waals surface area contributed by atoms with Gasteiger partial charge in [0.25, 0.3) is 0 Å². The van der Waals surface area contributed by atoms with E-state index in [0.717, 1.165) is 12.1 Å². The maximum absolute atomic E-state index is 12.4. The standard InChI is InChI=1S/C13H7Cl2F3O/c14-9-3-6-12(11(15)7-9)19-10-4-1-8(2-5-10)13(16,17)18/h1-7H. The number of hydrogen-bond acceptors (Lipinski definition) is 1. The van der Waals surface area contributed by atoms with Crippen molar-refractivity contribution in [2.75, 3.05) is 0 Å². The second-order valence-corrected chi connectivity index (χ2v) is 4.54. The largest absolute Gasteiger partial charge is 0.456 e. The molecule has 0 aromatic heterocycles. The summed E-state index contributed by atoms with van der Waals surface area (Å²) in [6.07, 6.45) is -4.36. The summed E-state index contributed by atoms with van der Waals surface area (Å²) in [5.74, 6) is 0.586. The Kier molecular flexibility index (Phi) is 3.92. The highest BCUT2D eigenvalue weighted by molar-refractivity contribution is 6.35. The number of rotatable bonds is 2. The fraction of sp³-hybridized carbons (Fsp3) is 0.0769. The van der Waals surface area contributed by atoms with Crippen molar-refractivity contribution in [3.8, 4) is 11.5 Å². The van der Waals surface area contributed by atoms with Crippen LogP contribution in [0.2, 0.25) is 10.0 Å². The zero-order valence-corrected chi connectivity index (χ0v) is 10.9. The zero-order chi connectivity index (χ0) is 14.0. The molecule has 0 aliphatic rings. The first-order valence-corrected chi connectivity index (χ1v) is 5.92. The predicted molar refractivity (Wildman–Crippen MR) is 68.0 cm³/mol. The molecule has 0 aliphatic heterocycles. The van der Waals surface area contributed by atoms with E-state index in [9.17, 15) is 13.2 Å². The molecule has 0 radical (unpaired) electrons. The molecule has 0 N–H and O–H groups in total. The lowest BCUT2D eigenvalue weighted by atomic mass is 10.2. The molecule has 6 heteroatoms. The molecule has 0 fully saturated rings. The van der Waals surface area contributed by atoms with Crippen molar-refractivity contribution in [1.82, 2.24) is 0 Å². The average Bonchev–Trinajstić information content (AvgIpc) is 2.32. The van der Waals surface area contributed by atoms with Crippen LogP contribution in [0.5, 0.6) is 11.5 Å². The molecule has 0 bridgehead atoms. The van der Waals surface area contributed by atoms with Gasteiger partial charge in [0.1, 0.15) is 11.5 Å². The fourth-order valence-corrected chi connectivity index (χ4v) is 1.84. The van der Waals surface area contributed by atoms with Crippen LogP contribution in [0.25, 0.3) is 0 Å². The van der Waals surface area contributed by atoms with Crippen LogP contribution >= 0.6 is 23.2 Å². The number of hydrogen-bond donors (Lipinski definition) is 0. The normalized spacial score (nSPS) is 11.4.